The van der Waals surface area contributed by atoms with Crippen molar-refractivity contribution < 1.29 is 23.9 Å². The Bertz CT molecular complexity index is 1380. The zero-order valence-corrected chi connectivity index (χ0v) is 22.8. The fraction of sp³-hybridized carbons (Fsp3) is 0.323. The average Bonchev–Trinajstić information content (AvgIpc) is 2.99. The van der Waals surface area contributed by atoms with Gasteiger partial charge in [-0.15, -0.1) is 0 Å². The summed E-state index contributed by atoms with van der Waals surface area (Å²) < 4.78 is 10.8. The molecule has 208 valence electrons. The maximum Gasteiger partial charge on any atom is 0.265 e. The summed E-state index contributed by atoms with van der Waals surface area (Å²) in [5.74, 6) is 0.0848. The number of fused-ring (bicyclic) bond motifs is 1. The summed E-state index contributed by atoms with van der Waals surface area (Å²) in [6.07, 6.45) is 0.676. The minimum absolute atomic E-state index is 0.0252. The van der Waals surface area contributed by atoms with E-state index in [1.54, 1.807) is 27.9 Å². The van der Waals surface area contributed by atoms with Crippen molar-refractivity contribution in [2.24, 2.45) is 0 Å². The van der Waals surface area contributed by atoms with Gasteiger partial charge in [0.2, 0.25) is 5.91 Å². The van der Waals surface area contributed by atoms with E-state index in [9.17, 15) is 14.4 Å². The molecule has 0 aliphatic carbocycles. The van der Waals surface area contributed by atoms with Crippen LogP contribution in [0.5, 0.6) is 5.75 Å². The maximum absolute atomic E-state index is 14.1. The maximum atomic E-state index is 14.1. The number of amides is 3. The van der Waals surface area contributed by atoms with Crippen molar-refractivity contribution in [3.8, 4) is 16.9 Å². The molecular weight excluding hydrogens is 508 g/mol. The van der Waals surface area contributed by atoms with Gasteiger partial charge in [-0.1, -0.05) is 42.5 Å². The molecule has 0 bridgehead atoms. The van der Waals surface area contributed by atoms with E-state index in [-0.39, 0.29) is 30.9 Å². The summed E-state index contributed by atoms with van der Waals surface area (Å²) in [4.78, 5) is 45.0. The van der Waals surface area contributed by atoms with Gasteiger partial charge in [-0.05, 0) is 54.8 Å². The lowest BCUT2D eigenvalue weighted by Gasteiger charge is -2.38. The lowest BCUT2D eigenvalue weighted by molar-refractivity contribution is -0.125. The van der Waals surface area contributed by atoms with Crippen LogP contribution < -0.4 is 24.8 Å². The third-order valence-corrected chi connectivity index (χ3v) is 7.22. The van der Waals surface area contributed by atoms with Gasteiger partial charge in [0.15, 0.2) is 6.61 Å². The Hall–Kier alpha value is -4.21. The fourth-order valence-corrected chi connectivity index (χ4v) is 5.27. The monoisotopic (exact) mass is 542 g/mol. The molecule has 0 radical (unpaired) electrons. The van der Waals surface area contributed by atoms with Crippen molar-refractivity contribution >= 4 is 34.8 Å². The molecule has 0 saturated carbocycles. The smallest absolute Gasteiger partial charge is 0.265 e. The number of nitrogens with zero attached hydrogens (tertiary/aromatic N) is 3. The van der Waals surface area contributed by atoms with Gasteiger partial charge in [0.25, 0.3) is 11.8 Å². The fourth-order valence-electron chi connectivity index (χ4n) is 5.27. The van der Waals surface area contributed by atoms with Gasteiger partial charge in [0.1, 0.15) is 11.8 Å². The molecule has 1 N–H and O–H groups in total. The van der Waals surface area contributed by atoms with Crippen LogP contribution in [0.15, 0.2) is 72.8 Å². The van der Waals surface area contributed by atoms with Crippen LogP contribution in [0.4, 0.5) is 17.1 Å². The quantitative estimate of drug-likeness (QED) is 0.417. The molecule has 3 aromatic rings. The largest absolute Gasteiger partial charge is 0.482 e. The number of piperazine rings is 1. The van der Waals surface area contributed by atoms with E-state index in [4.69, 9.17) is 9.47 Å². The number of hydrogen-bond acceptors (Lipinski definition) is 6. The van der Waals surface area contributed by atoms with Crippen LogP contribution in [0.3, 0.4) is 0 Å². The van der Waals surface area contributed by atoms with E-state index in [0.29, 0.717) is 55.5 Å². The van der Waals surface area contributed by atoms with Crippen molar-refractivity contribution in [2.75, 3.05) is 61.2 Å². The Morgan fingerprint density at radius 1 is 1.02 bits per heavy atom. The highest BCUT2D eigenvalue weighted by molar-refractivity contribution is 6.08. The number of carbonyl (C=O) groups excluding carboxylic acids is 3. The lowest BCUT2D eigenvalue weighted by Crippen LogP contribution is -2.61. The van der Waals surface area contributed by atoms with Crippen LogP contribution in [0.1, 0.15) is 13.3 Å². The molecule has 1 fully saturated rings. The molecule has 1 saturated heterocycles. The predicted octanol–water partition coefficient (Wildman–Crippen LogP) is 3.47. The third kappa shape index (κ3) is 5.57. The normalized spacial score (nSPS) is 16.9. The first-order chi connectivity index (χ1) is 19.5. The molecule has 9 nitrogen and oxygen atoms in total. The van der Waals surface area contributed by atoms with Crippen molar-refractivity contribution in [3.05, 3.63) is 72.8 Å². The number of rotatable bonds is 9. The van der Waals surface area contributed by atoms with Crippen LogP contribution in [0.25, 0.3) is 11.1 Å². The minimum atomic E-state index is -0.737. The summed E-state index contributed by atoms with van der Waals surface area (Å²) >= 11 is 0. The minimum Gasteiger partial charge on any atom is -0.482 e. The Morgan fingerprint density at radius 3 is 2.60 bits per heavy atom. The molecule has 2 heterocycles. The number of ether oxygens (including phenoxy) is 2. The second kappa shape index (κ2) is 12.3. The molecule has 0 aromatic heterocycles. The number of methoxy groups -OCH3 is 1. The Kier molecular flexibility index (Phi) is 8.42. The van der Waals surface area contributed by atoms with Crippen molar-refractivity contribution in [3.63, 3.8) is 0 Å². The van der Waals surface area contributed by atoms with Gasteiger partial charge in [-0.25, -0.2) is 0 Å². The summed E-state index contributed by atoms with van der Waals surface area (Å²) in [7, 11) is 1.63. The first kappa shape index (κ1) is 27.4. The highest BCUT2D eigenvalue weighted by Gasteiger charge is 2.37. The molecular formula is C31H34N4O5. The number of carbonyl (C=O) groups is 3. The van der Waals surface area contributed by atoms with Gasteiger partial charge < -0.3 is 24.6 Å². The molecule has 40 heavy (non-hydrogen) atoms. The standard InChI is InChI=1S/C31H34N4O5/c1-3-33(24-13-14-28-26(18-24)34(15-8-16-39-2)30(37)21-40-28)31(38)27-19-32-20-29(36)35(27)25-12-7-11-23(17-25)22-9-5-4-6-10-22/h4-7,9-14,17-18,27,32H,3,8,15-16,19-21H2,1-2H3. The van der Waals surface area contributed by atoms with Gasteiger partial charge in [0, 0.05) is 44.7 Å². The van der Waals surface area contributed by atoms with Crippen LogP contribution >= 0.6 is 0 Å². The lowest BCUT2D eigenvalue weighted by atomic mass is 10.0. The highest BCUT2D eigenvalue weighted by atomic mass is 16.5. The summed E-state index contributed by atoms with van der Waals surface area (Å²) in [5.41, 5.74) is 3.94. The molecule has 1 atom stereocenters. The van der Waals surface area contributed by atoms with E-state index in [1.165, 1.54) is 0 Å². The molecule has 1 unspecified atom stereocenters. The second-order valence-corrected chi connectivity index (χ2v) is 9.74. The van der Waals surface area contributed by atoms with E-state index in [0.717, 1.165) is 11.1 Å². The van der Waals surface area contributed by atoms with Crippen LogP contribution in [-0.2, 0) is 19.1 Å². The second-order valence-electron chi connectivity index (χ2n) is 9.74. The van der Waals surface area contributed by atoms with Crippen molar-refractivity contribution in [1.82, 2.24) is 5.32 Å². The first-order valence-electron chi connectivity index (χ1n) is 13.6. The summed E-state index contributed by atoms with van der Waals surface area (Å²) in [6.45, 7) is 3.75. The molecule has 9 heteroatoms. The van der Waals surface area contributed by atoms with Crippen molar-refractivity contribution in [1.29, 1.82) is 0 Å². The molecule has 3 aromatic carbocycles. The number of benzene rings is 3. The van der Waals surface area contributed by atoms with Crippen LogP contribution in [-0.4, -0.2) is 70.3 Å². The third-order valence-electron chi connectivity index (χ3n) is 7.22. The average molecular weight is 543 g/mol. The highest BCUT2D eigenvalue weighted by Crippen LogP contribution is 2.36. The number of nitrogens with one attached hydrogen (secondary N) is 1. The first-order valence-corrected chi connectivity index (χ1v) is 13.6. The number of anilines is 3. The van der Waals surface area contributed by atoms with E-state index in [2.05, 4.69) is 5.32 Å². The summed E-state index contributed by atoms with van der Waals surface area (Å²) in [6, 6.07) is 22.4. The van der Waals surface area contributed by atoms with Crippen LogP contribution in [0.2, 0.25) is 0 Å². The molecule has 2 aliphatic heterocycles. The number of hydrogen-bond donors (Lipinski definition) is 1. The zero-order chi connectivity index (χ0) is 28.1. The van der Waals surface area contributed by atoms with Crippen molar-refractivity contribution in [2.45, 2.75) is 19.4 Å². The van der Waals surface area contributed by atoms with Gasteiger partial charge >= 0.3 is 0 Å². The molecule has 3 amide bonds. The van der Waals surface area contributed by atoms with Gasteiger partial charge in [0.05, 0.1) is 12.2 Å². The van der Waals surface area contributed by atoms with E-state index < -0.39 is 6.04 Å². The molecule has 2 aliphatic rings. The Balaban J connectivity index is 1.45. The Morgan fingerprint density at radius 2 is 1.82 bits per heavy atom. The SMILES string of the molecule is CCN(C(=O)C1CNCC(=O)N1c1cccc(-c2ccccc2)c1)c1ccc2c(c1)N(CCCOC)C(=O)CO2. The van der Waals surface area contributed by atoms with Gasteiger partial charge in [-0.2, -0.15) is 0 Å². The van der Waals surface area contributed by atoms with E-state index in [1.807, 2.05) is 73.7 Å². The number of likely N-dealkylation sites (N-methyl/N-ethyl adjacent to an activating group) is 1. The topological polar surface area (TPSA) is 91.4 Å². The van der Waals surface area contributed by atoms with E-state index >= 15 is 0 Å². The van der Waals surface area contributed by atoms with Crippen LogP contribution in [0, 0.1) is 0 Å². The summed E-state index contributed by atoms with van der Waals surface area (Å²) in [5, 5.41) is 3.11. The predicted molar refractivity (Wildman–Crippen MR) is 155 cm³/mol. The Labute approximate surface area is 234 Å². The zero-order valence-electron chi connectivity index (χ0n) is 22.8. The molecule has 5 rings (SSSR count). The molecule has 0 spiro atoms. The van der Waals surface area contributed by atoms with Gasteiger partial charge in [-0.3, -0.25) is 19.3 Å².